The van der Waals surface area contributed by atoms with Crippen molar-refractivity contribution in [3.8, 4) is 0 Å². The van der Waals surface area contributed by atoms with Crippen LogP contribution >= 0.6 is 0 Å². The minimum atomic E-state index is 0.0412. The number of carbonyl (C=O) groups is 2. The Bertz CT molecular complexity index is 630. The van der Waals surface area contributed by atoms with Crippen molar-refractivity contribution in [2.45, 2.75) is 39.2 Å². The van der Waals surface area contributed by atoms with E-state index in [4.69, 9.17) is 4.74 Å². The molecule has 7 heteroatoms. The van der Waals surface area contributed by atoms with E-state index in [0.29, 0.717) is 26.1 Å². The molecule has 0 radical (unpaired) electrons. The fourth-order valence-corrected chi connectivity index (χ4v) is 4.08. The van der Waals surface area contributed by atoms with E-state index in [2.05, 4.69) is 4.98 Å². The van der Waals surface area contributed by atoms with E-state index >= 15 is 0 Å². The molecule has 0 unspecified atom stereocenters. The average molecular weight is 348 g/mol. The number of amides is 2. The normalized spacial score (nSPS) is 24.2. The maximum atomic E-state index is 12.7. The van der Waals surface area contributed by atoms with E-state index < -0.39 is 0 Å². The van der Waals surface area contributed by atoms with Gasteiger partial charge in [-0.1, -0.05) is 0 Å². The summed E-state index contributed by atoms with van der Waals surface area (Å²) in [7, 11) is 1.66. The molecular weight excluding hydrogens is 320 g/mol. The molecule has 1 spiro atoms. The summed E-state index contributed by atoms with van der Waals surface area (Å²) >= 11 is 0. The lowest BCUT2D eigenvalue weighted by atomic mass is 9.73. The van der Waals surface area contributed by atoms with Crippen LogP contribution in [0.2, 0.25) is 0 Å². The van der Waals surface area contributed by atoms with Crippen molar-refractivity contribution in [2.24, 2.45) is 5.41 Å². The predicted molar refractivity (Wildman–Crippen MR) is 92.9 cm³/mol. The van der Waals surface area contributed by atoms with E-state index in [1.807, 2.05) is 27.5 Å². The molecule has 3 rings (SSSR count). The van der Waals surface area contributed by atoms with Crippen LogP contribution in [-0.2, 0) is 20.9 Å². The molecule has 3 heterocycles. The molecule has 2 fully saturated rings. The quantitative estimate of drug-likeness (QED) is 0.798. The van der Waals surface area contributed by atoms with Gasteiger partial charge in [-0.05, 0) is 26.2 Å². The monoisotopic (exact) mass is 348 g/mol. The van der Waals surface area contributed by atoms with Gasteiger partial charge < -0.3 is 19.1 Å². The van der Waals surface area contributed by atoms with Crippen LogP contribution < -0.4 is 0 Å². The highest BCUT2D eigenvalue weighted by atomic mass is 16.5. The summed E-state index contributed by atoms with van der Waals surface area (Å²) in [4.78, 5) is 33.0. The molecule has 0 saturated carbocycles. The molecule has 7 nitrogen and oxygen atoms in total. The fourth-order valence-electron chi connectivity index (χ4n) is 4.08. The minimum absolute atomic E-state index is 0.0412. The second kappa shape index (κ2) is 7.56. The number of aromatic nitrogens is 2. The van der Waals surface area contributed by atoms with Gasteiger partial charge in [0.1, 0.15) is 12.4 Å². The van der Waals surface area contributed by atoms with Crippen molar-refractivity contribution in [2.75, 3.05) is 39.9 Å². The summed E-state index contributed by atoms with van der Waals surface area (Å²) in [5.41, 5.74) is 0.0412. The first-order chi connectivity index (χ1) is 12.0. The van der Waals surface area contributed by atoms with Crippen molar-refractivity contribution in [1.29, 1.82) is 0 Å². The highest BCUT2D eigenvalue weighted by Crippen LogP contribution is 2.38. The Hall–Kier alpha value is -1.89. The Balaban J connectivity index is 1.64. The summed E-state index contributed by atoms with van der Waals surface area (Å²) in [5, 5.41) is 0. The summed E-state index contributed by atoms with van der Waals surface area (Å²) in [6.45, 7) is 5.74. The van der Waals surface area contributed by atoms with Crippen LogP contribution in [0.5, 0.6) is 0 Å². The second-order valence-electron chi connectivity index (χ2n) is 7.33. The number of imidazole rings is 1. The molecule has 0 aromatic carbocycles. The van der Waals surface area contributed by atoms with Crippen LogP contribution in [0.1, 0.15) is 31.5 Å². The Labute approximate surface area is 148 Å². The number of piperidine rings is 2. The molecule has 1 aromatic heterocycles. The van der Waals surface area contributed by atoms with Gasteiger partial charge in [-0.15, -0.1) is 0 Å². The van der Waals surface area contributed by atoms with Crippen LogP contribution in [0, 0.1) is 12.3 Å². The van der Waals surface area contributed by atoms with Crippen LogP contribution in [0.15, 0.2) is 12.4 Å². The maximum Gasteiger partial charge on any atom is 0.242 e. The van der Waals surface area contributed by atoms with Gasteiger partial charge in [-0.25, -0.2) is 4.98 Å². The predicted octanol–water partition coefficient (Wildman–Crippen LogP) is 1.07. The van der Waals surface area contributed by atoms with Gasteiger partial charge in [-0.2, -0.15) is 0 Å². The number of rotatable bonds is 5. The van der Waals surface area contributed by atoms with Gasteiger partial charge in [-0.3, -0.25) is 9.59 Å². The van der Waals surface area contributed by atoms with Gasteiger partial charge in [0.25, 0.3) is 0 Å². The van der Waals surface area contributed by atoms with Gasteiger partial charge >= 0.3 is 0 Å². The highest BCUT2D eigenvalue weighted by molar-refractivity contribution is 5.78. The number of carbonyl (C=O) groups excluding carboxylic acids is 2. The SMILES string of the molecule is COCCN1C[C@@]2(CCCN(C(=O)Cn3ccnc3C)C2)CCC1=O. The minimum Gasteiger partial charge on any atom is -0.383 e. The Morgan fingerprint density at radius 1 is 1.36 bits per heavy atom. The molecule has 2 aliphatic rings. The highest BCUT2D eigenvalue weighted by Gasteiger charge is 2.42. The number of methoxy groups -OCH3 is 1. The largest absolute Gasteiger partial charge is 0.383 e. The molecular formula is C18H28N4O3. The Morgan fingerprint density at radius 2 is 2.20 bits per heavy atom. The molecule has 1 aromatic rings. The molecule has 2 amide bonds. The first-order valence-electron chi connectivity index (χ1n) is 9.05. The van der Waals surface area contributed by atoms with Crippen LogP contribution in [0.4, 0.5) is 0 Å². The van der Waals surface area contributed by atoms with Crippen molar-refractivity contribution >= 4 is 11.8 Å². The van der Waals surface area contributed by atoms with Gasteiger partial charge in [0.2, 0.25) is 11.8 Å². The maximum absolute atomic E-state index is 12.7. The summed E-state index contributed by atoms with van der Waals surface area (Å²) < 4.78 is 7.02. The van der Waals surface area contributed by atoms with Crippen LogP contribution in [0.3, 0.4) is 0 Å². The van der Waals surface area contributed by atoms with Gasteiger partial charge in [0.15, 0.2) is 0 Å². The van der Waals surface area contributed by atoms with Crippen molar-refractivity contribution < 1.29 is 14.3 Å². The molecule has 2 aliphatic heterocycles. The zero-order valence-electron chi connectivity index (χ0n) is 15.2. The first-order valence-corrected chi connectivity index (χ1v) is 9.05. The van der Waals surface area contributed by atoms with E-state index in [-0.39, 0.29) is 17.2 Å². The van der Waals surface area contributed by atoms with Crippen LogP contribution in [0.25, 0.3) is 0 Å². The summed E-state index contributed by atoms with van der Waals surface area (Å²) in [6.07, 6.45) is 7.10. The summed E-state index contributed by atoms with van der Waals surface area (Å²) in [5.74, 6) is 1.20. The lowest BCUT2D eigenvalue weighted by molar-refractivity contribution is -0.143. The molecule has 25 heavy (non-hydrogen) atoms. The molecule has 138 valence electrons. The van der Waals surface area contributed by atoms with E-state index in [0.717, 1.165) is 44.7 Å². The van der Waals surface area contributed by atoms with Crippen LogP contribution in [-0.4, -0.2) is 71.1 Å². The lowest BCUT2D eigenvalue weighted by Crippen LogP contribution is -2.55. The van der Waals surface area contributed by atoms with Gasteiger partial charge in [0, 0.05) is 57.5 Å². The van der Waals surface area contributed by atoms with E-state index in [1.165, 1.54) is 0 Å². The van der Waals surface area contributed by atoms with Gasteiger partial charge in [0.05, 0.1) is 6.61 Å². The summed E-state index contributed by atoms with van der Waals surface area (Å²) in [6, 6.07) is 0. The fraction of sp³-hybridized carbons (Fsp3) is 0.722. The molecule has 1 atom stereocenters. The second-order valence-corrected chi connectivity index (χ2v) is 7.33. The average Bonchev–Trinajstić information content (AvgIpc) is 3.01. The third kappa shape index (κ3) is 4.03. The molecule has 0 bridgehead atoms. The topological polar surface area (TPSA) is 67.7 Å². The lowest BCUT2D eigenvalue weighted by Gasteiger charge is -2.48. The molecule has 0 aliphatic carbocycles. The van der Waals surface area contributed by atoms with E-state index in [9.17, 15) is 9.59 Å². The number of aryl methyl sites for hydroxylation is 1. The zero-order chi connectivity index (χ0) is 17.9. The zero-order valence-corrected chi connectivity index (χ0v) is 15.2. The third-order valence-corrected chi connectivity index (χ3v) is 5.56. The first kappa shape index (κ1) is 17.9. The Morgan fingerprint density at radius 3 is 2.92 bits per heavy atom. The molecule has 2 saturated heterocycles. The number of ether oxygens (including phenoxy) is 1. The number of likely N-dealkylation sites (tertiary alicyclic amines) is 2. The third-order valence-electron chi connectivity index (χ3n) is 5.56. The van der Waals surface area contributed by atoms with Crippen molar-refractivity contribution in [3.05, 3.63) is 18.2 Å². The van der Waals surface area contributed by atoms with E-state index in [1.54, 1.807) is 13.3 Å². The standard InChI is InChI=1S/C18H28N4O3/c1-15-19-7-9-20(15)12-17(24)21-8-3-5-18(13-21)6-4-16(23)22(14-18)10-11-25-2/h7,9H,3-6,8,10-14H2,1-2H3/t18-/m0/s1. The number of hydrogen-bond acceptors (Lipinski definition) is 4. The number of hydrogen-bond donors (Lipinski definition) is 0. The number of nitrogens with zero attached hydrogens (tertiary/aromatic N) is 4. The van der Waals surface area contributed by atoms with Crippen molar-refractivity contribution in [3.63, 3.8) is 0 Å². The molecule has 0 N–H and O–H groups in total. The smallest absolute Gasteiger partial charge is 0.242 e. The Kier molecular flexibility index (Phi) is 5.42. The van der Waals surface area contributed by atoms with Crippen molar-refractivity contribution in [1.82, 2.24) is 19.4 Å².